The lowest BCUT2D eigenvalue weighted by Gasteiger charge is -2.31. The Bertz CT molecular complexity index is 3550. The molecule has 27 heteroatoms. The van der Waals surface area contributed by atoms with Crippen LogP contribution in [0.15, 0.2) is 100 Å². The number of aliphatic carboxylic acids is 1. The summed E-state index contributed by atoms with van der Waals surface area (Å²) in [6.45, 7) is 4.47. The van der Waals surface area contributed by atoms with Crippen LogP contribution in [0.3, 0.4) is 0 Å². The zero-order valence-electron chi connectivity index (χ0n) is 49.0. The second-order valence-corrected chi connectivity index (χ2v) is 24.3. The molecule has 0 saturated carbocycles. The first kappa shape index (κ1) is 62.9. The van der Waals surface area contributed by atoms with Crippen LogP contribution in [0.25, 0.3) is 16.5 Å². The molecule has 9 rings (SSSR count). The summed E-state index contributed by atoms with van der Waals surface area (Å²) >= 11 is 6.68. The maximum absolute atomic E-state index is 15.0. The highest BCUT2D eigenvalue weighted by atomic mass is 32.2. The van der Waals surface area contributed by atoms with Crippen molar-refractivity contribution < 1.29 is 63.5 Å². The molecule has 7 amide bonds. The van der Waals surface area contributed by atoms with Gasteiger partial charge in [-0.05, 0) is 93.5 Å². The van der Waals surface area contributed by atoms with Crippen molar-refractivity contribution in [3.8, 4) is 11.5 Å². The van der Waals surface area contributed by atoms with E-state index in [0.29, 0.717) is 55.3 Å². The van der Waals surface area contributed by atoms with Crippen molar-refractivity contribution >= 4 is 110 Å². The van der Waals surface area contributed by atoms with Crippen LogP contribution in [0, 0.1) is 0 Å². The van der Waals surface area contributed by atoms with Gasteiger partial charge in [0.25, 0.3) is 0 Å². The third kappa shape index (κ3) is 14.0. The van der Waals surface area contributed by atoms with Crippen molar-refractivity contribution in [1.29, 1.82) is 0 Å². The highest BCUT2D eigenvalue weighted by Crippen LogP contribution is 2.49. The number of carboxylic acids is 1. The first-order chi connectivity index (χ1) is 41.2. The number of thiocarbonyl (C=S) groups is 1. The summed E-state index contributed by atoms with van der Waals surface area (Å²) in [5.74, 6) is -6.77. The van der Waals surface area contributed by atoms with E-state index in [-0.39, 0.29) is 41.5 Å². The third-order valence-electron chi connectivity index (χ3n) is 15.6. The molecule has 4 aliphatic heterocycles. The van der Waals surface area contributed by atoms with Gasteiger partial charge in [0.05, 0.1) is 34.1 Å². The van der Waals surface area contributed by atoms with Crippen molar-refractivity contribution in [3.63, 3.8) is 0 Å². The van der Waals surface area contributed by atoms with Crippen LogP contribution in [0.4, 0.5) is 11.4 Å². The maximum Gasteiger partial charge on any atom is 0.336 e. The van der Waals surface area contributed by atoms with E-state index in [4.69, 9.17) is 17.0 Å². The number of nitrogens with zero attached hydrogens (tertiary/aromatic N) is 4. The van der Waals surface area contributed by atoms with Gasteiger partial charge in [0, 0.05) is 117 Å². The minimum absolute atomic E-state index is 0.0992. The van der Waals surface area contributed by atoms with Crippen LogP contribution >= 0.6 is 24.0 Å². The Morgan fingerprint density at radius 1 is 0.828 bits per heavy atom. The second-order valence-electron chi connectivity index (χ2n) is 22.9. The topological polar surface area (TPSA) is 349 Å². The Morgan fingerprint density at radius 2 is 1.45 bits per heavy atom. The number of aromatic nitrogens is 1. The summed E-state index contributed by atoms with van der Waals surface area (Å²) in [5, 5.41) is 63.9. The lowest BCUT2D eigenvalue weighted by molar-refractivity contribution is -0.142. The van der Waals surface area contributed by atoms with Crippen molar-refractivity contribution in [3.05, 3.63) is 107 Å². The monoisotopic (exact) mass is 1230 g/mol. The Morgan fingerprint density at radius 3 is 2.08 bits per heavy atom. The number of H-pyrrole nitrogens is 1. The highest BCUT2D eigenvalue weighted by Gasteiger charge is 2.44. The number of para-hydroxylation sites is 1. The summed E-state index contributed by atoms with van der Waals surface area (Å²) in [5.41, 5.74) is 3.22. The molecular formula is C60H70N12O13S2. The van der Waals surface area contributed by atoms with Gasteiger partial charge in [-0.15, -0.1) is 11.8 Å². The molecule has 0 radical (unpaired) electrons. The zero-order valence-corrected chi connectivity index (χ0v) is 50.6. The first-order valence-corrected chi connectivity index (χ1v) is 29.6. The average Bonchev–Trinajstić information content (AvgIpc) is 1.44. The number of aliphatic hydroxyl groups is 3. The van der Waals surface area contributed by atoms with E-state index in [2.05, 4.69) is 47.2 Å². The van der Waals surface area contributed by atoms with Crippen LogP contribution in [0.5, 0.6) is 11.5 Å². The quantitative estimate of drug-likeness (QED) is 0.0960. The minimum atomic E-state index is -1.96. The van der Waals surface area contributed by atoms with Crippen molar-refractivity contribution in [2.75, 3.05) is 56.8 Å². The highest BCUT2D eigenvalue weighted by molar-refractivity contribution is 7.99. The van der Waals surface area contributed by atoms with Gasteiger partial charge in [-0.3, -0.25) is 33.6 Å². The zero-order chi connectivity index (χ0) is 62.9. The van der Waals surface area contributed by atoms with E-state index >= 15 is 0 Å². The van der Waals surface area contributed by atoms with Gasteiger partial charge in [-0.1, -0.05) is 24.3 Å². The third-order valence-corrected chi connectivity index (χ3v) is 17.0. The molecule has 1 aliphatic carbocycles. The molecule has 1 saturated heterocycles. The van der Waals surface area contributed by atoms with Gasteiger partial charge >= 0.3 is 5.97 Å². The van der Waals surface area contributed by atoms with Crippen molar-refractivity contribution in [2.45, 2.75) is 112 Å². The minimum Gasteiger partial charge on any atom is -0.478 e. The number of aliphatic imine (C=N–C) groups is 1. The molecule has 0 spiro atoms. The number of benzene rings is 3. The molecular weight excluding hydrogens is 1160 g/mol. The number of ether oxygens (including phenoxy) is 1. The number of rotatable bonds is 8. The van der Waals surface area contributed by atoms with Crippen LogP contribution in [-0.2, 0) is 44.8 Å². The Labute approximate surface area is 510 Å². The van der Waals surface area contributed by atoms with E-state index in [1.165, 1.54) is 33.8 Å². The molecule has 2 bridgehead atoms. The van der Waals surface area contributed by atoms with Gasteiger partial charge in [0.1, 0.15) is 53.8 Å². The van der Waals surface area contributed by atoms with E-state index in [0.717, 1.165) is 28.0 Å². The van der Waals surface area contributed by atoms with Crippen LogP contribution in [0.2, 0.25) is 0 Å². The van der Waals surface area contributed by atoms with Gasteiger partial charge < -0.3 is 82.1 Å². The number of amides is 7. The lowest BCUT2D eigenvalue weighted by Crippen LogP contribution is -2.62. The van der Waals surface area contributed by atoms with Crippen molar-refractivity contribution in [2.24, 2.45) is 4.99 Å². The molecule has 25 nitrogen and oxygen atoms in total. The van der Waals surface area contributed by atoms with Gasteiger partial charge in [0.2, 0.25) is 41.4 Å². The fourth-order valence-electron chi connectivity index (χ4n) is 10.9. The fourth-order valence-corrected chi connectivity index (χ4v) is 12.2. The molecule has 87 heavy (non-hydrogen) atoms. The van der Waals surface area contributed by atoms with Crippen molar-refractivity contribution in [1.82, 2.24) is 47.1 Å². The fraction of sp³-hybridized carbons (Fsp3) is 0.400. The number of thioether (sulfide) groups is 1. The number of nitrogens with one attached hydrogen (secondary N) is 8. The van der Waals surface area contributed by atoms with Crippen LogP contribution in [0.1, 0.15) is 57.2 Å². The van der Waals surface area contributed by atoms with E-state index in [9.17, 15) is 58.8 Å². The predicted molar refractivity (Wildman–Crippen MR) is 329 cm³/mol. The number of carboxylic acid groups (broad SMARTS) is 1. The summed E-state index contributed by atoms with van der Waals surface area (Å²) in [6, 6.07) is 7.91. The SMILES string of the molecule is C[C@@H]1NC(=O)[C@H](C[C@@](C)(O)CNC(=S)/N=C2\C=CC(=C3c4ccc(N(C)C)cc4Oc4cc(N(C)C)ccc43)C(C(=O)O)=C2)NC(=O)[C@@H]2Cc3c([nH]c4ccccc34)SC[C@H](NC(=O)[C@@H]([C@H](C)O)NC1=O)C(=O)N1C[C@@H](O)C[C@H]1C(=O)N[C@@H](C)C(=O)N2. The number of aliphatic hydroxyl groups excluding tert-OH is 2. The molecule has 1 fully saturated rings. The second kappa shape index (κ2) is 25.8. The molecule has 4 aromatic rings. The normalized spacial score (nSPS) is 25.3. The number of carbonyl (C=O) groups is 8. The van der Waals surface area contributed by atoms with Gasteiger partial charge in [-0.25, -0.2) is 9.79 Å². The van der Waals surface area contributed by atoms with Crippen LogP contribution < -0.4 is 51.8 Å². The molecule has 3 aromatic carbocycles. The summed E-state index contributed by atoms with van der Waals surface area (Å²) in [6.07, 6.45) is 0.804. The van der Waals surface area contributed by atoms with Crippen LogP contribution in [-0.4, -0.2) is 196 Å². The molecule has 1 aromatic heterocycles. The Kier molecular flexibility index (Phi) is 18.6. The number of hydrogen-bond donors (Lipinski definition) is 12. The van der Waals surface area contributed by atoms with E-state index in [1.54, 1.807) is 36.4 Å². The molecule has 5 aliphatic rings. The lowest BCUT2D eigenvalue weighted by atomic mass is 9.84. The van der Waals surface area contributed by atoms with E-state index < -0.39 is 120 Å². The molecule has 12 N–H and O–H groups in total. The summed E-state index contributed by atoms with van der Waals surface area (Å²) < 4.78 is 6.45. The Hall–Kier alpha value is -8.63. The number of aromatic amines is 1. The first-order valence-electron chi connectivity index (χ1n) is 28.2. The molecule has 460 valence electrons. The molecule has 0 unspecified atom stereocenters. The number of allylic oxidation sites excluding steroid dienone is 3. The Balaban J connectivity index is 1.02. The summed E-state index contributed by atoms with van der Waals surface area (Å²) in [4.78, 5) is 126. The maximum atomic E-state index is 15.0. The van der Waals surface area contributed by atoms with E-state index in [1.807, 2.05) is 74.4 Å². The van der Waals surface area contributed by atoms with Gasteiger partial charge in [-0.2, -0.15) is 0 Å². The molecule has 10 atom stereocenters. The largest absolute Gasteiger partial charge is 0.478 e. The predicted octanol–water partition coefficient (Wildman–Crippen LogP) is 0.898. The number of fused-ring (bicyclic) bond motifs is 7. The van der Waals surface area contributed by atoms with Gasteiger partial charge in [0.15, 0.2) is 5.11 Å². The standard InChI is InChI=1S/C60H70N12O13S2/c1-28-50(75)65-42-23-39-35-11-9-10-12-41(35)68-56(39)87-26-44(57(81)72-25-34(74)22-45(72)54(79)63-28)67-55(80)49(30(3)73)69-51(76)29(2)62-53(78)43(66-52(42)77)24-60(4,84)27-61-59(86)64-31-13-16-36(40(19-31)58(82)83)48-37-17-14-32(70(5)6)20-46(37)85-47-21-33(71(7)8)15-18-38(47)48/h9-21,28-30,34,42-45,49,68,73-74,84H,22-27H2,1-8H3,(H,61,86)(H,62,78)(H,63,79)(H,65,75)(H,66,77)(H,67,80)(H,69,76)(H,82,83)/b64-31+/t28-,29-,30-,34-,42-,43-,44-,45-,49+,60+/m0/s1. The smallest absolute Gasteiger partial charge is 0.336 e. The number of hydrogen-bond acceptors (Lipinski definition) is 16. The molecule has 5 heterocycles. The average molecular weight is 1230 g/mol. The number of anilines is 2. The number of carbonyl (C=O) groups excluding carboxylic acids is 7. The summed E-state index contributed by atoms with van der Waals surface area (Å²) in [7, 11) is 7.60.